The maximum Gasteiger partial charge on any atom is 0.514 e. The van der Waals surface area contributed by atoms with Crippen molar-refractivity contribution in [3.05, 3.63) is 23.8 Å². The summed E-state index contributed by atoms with van der Waals surface area (Å²) < 4.78 is 31.5. The second-order valence-corrected chi connectivity index (χ2v) is 10.5. The van der Waals surface area contributed by atoms with Gasteiger partial charge in [0.15, 0.2) is 11.5 Å². The quantitative estimate of drug-likeness (QED) is 0.104. The average molecular weight is 582 g/mol. The fourth-order valence-electron chi connectivity index (χ4n) is 3.66. The molecule has 232 valence electrons. The highest BCUT2D eigenvalue weighted by atomic mass is 16.7. The molecule has 3 atom stereocenters. The van der Waals surface area contributed by atoms with E-state index in [0.29, 0.717) is 24.8 Å². The van der Waals surface area contributed by atoms with Crippen molar-refractivity contribution in [2.75, 3.05) is 20.3 Å². The molecule has 0 aliphatic carbocycles. The second kappa shape index (κ2) is 18.2. The molecule has 0 aliphatic heterocycles. The lowest BCUT2D eigenvalue weighted by atomic mass is 9.91. The van der Waals surface area contributed by atoms with Crippen LogP contribution < -0.4 is 14.8 Å². The van der Waals surface area contributed by atoms with Crippen molar-refractivity contribution in [2.45, 2.75) is 105 Å². The van der Waals surface area contributed by atoms with Crippen molar-refractivity contribution in [2.24, 2.45) is 5.41 Å². The number of rotatable bonds is 17. The molecule has 0 spiro atoms. The van der Waals surface area contributed by atoms with E-state index in [-0.39, 0.29) is 49.2 Å². The summed E-state index contributed by atoms with van der Waals surface area (Å²) >= 11 is 0. The normalized spacial score (nSPS) is 13.4. The molecule has 1 N–H and O–H groups in total. The van der Waals surface area contributed by atoms with Crippen LogP contribution in [-0.4, -0.2) is 62.8 Å². The van der Waals surface area contributed by atoms with Gasteiger partial charge in [0.05, 0.1) is 12.5 Å². The molecule has 0 fully saturated rings. The summed E-state index contributed by atoms with van der Waals surface area (Å²) in [6.45, 7) is 13.2. The van der Waals surface area contributed by atoms with E-state index in [4.69, 9.17) is 28.4 Å². The molecule has 0 aliphatic rings. The summed E-state index contributed by atoms with van der Waals surface area (Å²) in [6.07, 6.45) is 1.11. The Balaban J connectivity index is 3.06. The standard InChI is InChI=1S/C30H47NO10/c1-9-12-20(4)38-28(34)40-24-15-14-22(19-25(24)41-29(35)39-21(5)13-10-2)18-23(26(32)36-8)31-16-17-37-27(33)30(6,7)11-3/h14-15,19-21,23,31H,9-13,16-18H2,1-8H3/t20?,21?,23-/m0/s1. The molecule has 1 aromatic carbocycles. The van der Waals surface area contributed by atoms with Crippen molar-refractivity contribution in [3.63, 3.8) is 0 Å². The lowest BCUT2D eigenvalue weighted by Gasteiger charge is -2.21. The number of nitrogens with one attached hydrogen (secondary N) is 1. The third kappa shape index (κ3) is 13.2. The maximum atomic E-state index is 12.5. The van der Waals surface area contributed by atoms with Crippen LogP contribution in [0, 0.1) is 5.41 Å². The van der Waals surface area contributed by atoms with E-state index in [1.807, 2.05) is 20.8 Å². The zero-order chi connectivity index (χ0) is 31.0. The van der Waals surface area contributed by atoms with E-state index in [1.54, 1.807) is 33.8 Å². The Bertz CT molecular complexity index is 993. The van der Waals surface area contributed by atoms with E-state index < -0.39 is 29.7 Å². The van der Waals surface area contributed by atoms with Crippen molar-refractivity contribution in [1.29, 1.82) is 0 Å². The van der Waals surface area contributed by atoms with Gasteiger partial charge in [0.1, 0.15) is 24.9 Å². The minimum atomic E-state index is -0.958. The SMILES string of the molecule is CCCC(C)OC(=O)Oc1ccc(C[C@H](NCCOC(=O)C(C)(C)CC)C(=O)OC)cc1OC(=O)OC(C)CCC. The third-order valence-corrected chi connectivity index (χ3v) is 6.47. The van der Waals surface area contributed by atoms with Gasteiger partial charge < -0.3 is 33.7 Å². The molecule has 0 radical (unpaired) electrons. The lowest BCUT2D eigenvalue weighted by Crippen LogP contribution is -2.41. The Hall–Kier alpha value is -3.34. The van der Waals surface area contributed by atoms with E-state index in [1.165, 1.54) is 19.2 Å². The van der Waals surface area contributed by atoms with Gasteiger partial charge in [-0.2, -0.15) is 0 Å². The van der Waals surface area contributed by atoms with Crippen LogP contribution in [0.2, 0.25) is 0 Å². The summed E-state index contributed by atoms with van der Waals surface area (Å²) in [5.41, 5.74) is -0.0285. The number of carbonyl (C=O) groups excluding carboxylic acids is 4. The molecule has 0 heterocycles. The minimum Gasteiger partial charge on any atom is -0.468 e. The molecular weight excluding hydrogens is 534 g/mol. The van der Waals surface area contributed by atoms with Crippen LogP contribution in [0.1, 0.15) is 86.1 Å². The zero-order valence-electron chi connectivity index (χ0n) is 25.7. The third-order valence-electron chi connectivity index (χ3n) is 6.47. The van der Waals surface area contributed by atoms with Crippen LogP contribution in [0.15, 0.2) is 18.2 Å². The van der Waals surface area contributed by atoms with E-state index in [2.05, 4.69) is 5.32 Å². The summed E-state index contributed by atoms with van der Waals surface area (Å²) in [5.74, 6) is -0.975. The first kappa shape index (κ1) is 35.7. The first-order valence-electron chi connectivity index (χ1n) is 14.2. The Labute approximate surface area is 243 Å². The first-order chi connectivity index (χ1) is 19.4. The van der Waals surface area contributed by atoms with Gasteiger partial charge in [-0.05, 0) is 71.1 Å². The van der Waals surface area contributed by atoms with Crippen LogP contribution in [0.3, 0.4) is 0 Å². The molecule has 0 bridgehead atoms. The van der Waals surface area contributed by atoms with Crippen molar-refractivity contribution >= 4 is 24.2 Å². The molecule has 1 rings (SSSR count). The Morgan fingerprint density at radius 1 is 0.878 bits per heavy atom. The topological polar surface area (TPSA) is 136 Å². The van der Waals surface area contributed by atoms with E-state index in [0.717, 1.165) is 12.8 Å². The van der Waals surface area contributed by atoms with Gasteiger partial charge in [-0.15, -0.1) is 0 Å². The summed E-state index contributed by atoms with van der Waals surface area (Å²) in [6, 6.07) is 3.75. The average Bonchev–Trinajstić information content (AvgIpc) is 2.91. The van der Waals surface area contributed by atoms with Gasteiger partial charge in [0, 0.05) is 6.54 Å². The van der Waals surface area contributed by atoms with Crippen LogP contribution in [-0.2, 0) is 35.0 Å². The predicted octanol–water partition coefficient (Wildman–Crippen LogP) is 5.75. The molecule has 0 saturated carbocycles. The van der Waals surface area contributed by atoms with Gasteiger partial charge >= 0.3 is 24.2 Å². The van der Waals surface area contributed by atoms with Crippen molar-refractivity contribution in [3.8, 4) is 11.5 Å². The fourth-order valence-corrected chi connectivity index (χ4v) is 3.66. The van der Waals surface area contributed by atoms with Gasteiger partial charge in [0.2, 0.25) is 0 Å². The highest BCUT2D eigenvalue weighted by Crippen LogP contribution is 2.30. The lowest BCUT2D eigenvalue weighted by molar-refractivity contribution is -0.154. The van der Waals surface area contributed by atoms with Crippen LogP contribution in [0.5, 0.6) is 11.5 Å². The number of ether oxygens (including phenoxy) is 6. The molecule has 11 heteroatoms. The molecule has 0 saturated heterocycles. The van der Waals surface area contributed by atoms with Crippen molar-refractivity contribution < 1.29 is 47.6 Å². The number of benzene rings is 1. The molecule has 41 heavy (non-hydrogen) atoms. The van der Waals surface area contributed by atoms with Gasteiger partial charge in [-0.3, -0.25) is 9.59 Å². The minimum absolute atomic E-state index is 0.0458. The van der Waals surface area contributed by atoms with Crippen molar-refractivity contribution in [1.82, 2.24) is 5.32 Å². The largest absolute Gasteiger partial charge is 0.514 e. The predicted molar refractivity (Wildman–Crippen MR) is 152 cm³/mol. The number of esters is 2. The number of hydrogen-bond acceptors (Lipinski definition) is 11. The zero-order valence-corrected chi connectivity index (χ0v) is 25.7. The molecule has 11 nitrogen and oxygen atoms in total. The van der Waals surface area contributed by atoms with Crippen LogP contribution in [0.25, 0.3) is 0 Å². The highest BCUT2D eigenvalue weighted by Gasteiger charge is 2.27. The van der Waals surface area contributed by atoms with Crippen LogP contribution >= 0.6 is 0 Å². The van der Waals surface area contributed by atoms with Crippen LogP contribution in [0.4, 0.5) is 9.59 Å². The van der Waals surface area contributed by atoms with Gasteiger partial charge in [-0.25, -0.2) is 9.59 Å². The van der Waals surface area contributed by atoms with E-state index in [9.17, 15) is 19.2 Å². The summed E-state index contributed by atoms with van der Waals surface area (Å²) in [7, 11) is 1.27. The Morgan fingerprint density at radius 3 is 1.95 bits per heavy atom. The van der Waals surface area contributed by atoms with E-state index >= 15 is 0 Å². The Kier molecular flexibility index (Phi) is 15.8. The monoisotopic (exact) mass is 581 g/mol. The smallest absolute Gasteiger partial charge is 0.468 e. The molecule has 0 aromatic heterocycles. The van der Waals surface area contributed by atoms with Gasteiger partial charge in [-0.1, -0.05) is 39.7 Å². The molecule has 1 aromatic rings. The number of carbonyl (C=O) groups is 4. The number of methoxy groups -OCH3 is 1. The molecule has 2 unspecified atom stereocenters. The molecule has 0 amide bonds. The molecular formula is C30H47NO10. The highest BCUT2D eigenvalue weighted by molar-refractivity contribution is 5.77. The fraction of sp³-hybridized carbons (Fsp3) is 0.667. The second-order valence-electron chi connectivity index (χ2n) is 10.5. The first-order valence-corrected chi connectivity index (χ1v) is 14.2. The number of hydrogen-bond donors (Lipinski definition) is 1. The van der Waals surface area contributed by atoms with Gasteiger partial charge in [0.25, 0.3) is 0 Å². The maximum absolute atomic E-state index is 12.5. The Morgan fingerprint density at radius 2 is 1.44 bits per heavy atom. The summed E-state index contributed by atoms with van der Waals surface area (Å²) in [5, 5.41) is 3.03. The summed E-state index contributed by atoms with van der Waals surface area (Å²) in [4.78, 5) is 49.5.